The Hall–Kier alpha value is -4.26. The second-order valence-electron chi connectivity index (χ2n) is 8.29. The molecule has 0 spiro atoms. The number of carbonyl (C=O) groups is 2. The number of aromatic hydroxyl groups is 1. The first-order valence-corrected chi connectivity index (χ1v) is 10.8. The maximum atomic E-state index is 13.0. The molecule has 2 aliphatic heterocycles. The van der Waals surface area contributed by atoms with Gasteiger partial charge in [-0.15, -0.1) is 13.2 Å². The molecule has 0 radical (unpaired) electrons. The highest BCUT2D eigenvalue weighted by atomic mass is 19.4. The van der Waals surface area contributed by atoms with Crippen LogP contribution < -0.4 is 9.47 Å². The van der Waals surface area contributed by atoms with Crippen molar-refractivity contribution in [2.45, 2.75) is 12.9 Å². The zero-order valence-electron chi connectivity index (χ0n) is 18.5. The van der Waals surface area contributed by atoms with E-state index in [0.29, 0.717) is 37.3 Å². The minimum absolute atomic E-state index is 0.0809. The number of hydrogen-bond donors (Lipinski definition) is 3. The number of Topliss-reactive ketones (excluding diaryl/α,β-unsaturated/α-hetero) is 1. The summed E-state index contributed by atoms with van der Waals surface area (Å²) in [7, 11) is 0. The molecule has 0 atom stereocenters. The lowest BCUT2D eigenvalue weighted by Crippen LogP contribution is -2.47. The van der Waals surface area contributed by atoms with E-state index in [0.717, 1.165) is 12.1 Å². The lowest BCUT2D eigenvalue weighted by Gasteiger charge is -2.33. The summed E-state index contributed by atoms with van der Waals surface area (Å²) >= 11 is 0. The molecule has 2 aliphatic rings. The van der Waals surface area contributed by atoms with E-state index < -0.39 is 24.0 Å². The Bertz CT molecular complexity index is 1390. The standard InChI is InChI=1S/C23H19F3N4O6/c24-23(25,26)36-12-1-3-16-14(9-12)17(28-27-16)10-19-20(32)13-2-4-18(31)15(21(13)35-19)11-29-5-7-30(8-6-29)22(33)34/h1-4,9-10,31H,5-8,11H2,(H,27,28)(H,33,34)/b19-10-. The minimum Gasteiger partial charge on any atom is -0.507 e. The van der Waals surface area contributed by atoms with E-state index in [9.17, 15) is 27.9 Å². The SMILES string of the molecule is O=C1/C(=C/c2n[nH]c3ccc(OC(F)(F)F)cc23)Oc2c1ccc(O)c2CN1CCN(C(=O)O)CC1. The van der Waals surface area contributed by atoms with Crippen LogP contribution in [0.4, 0.5) is 18.0 Å². The molecule has 188 valence electrons. The Morgan fingerprint density at radius 3 is 2.64 bits per heavy atom. The molecule has 3 N–H and O–H groups in total. The van der Waals surface area contributed by atoms with Gasteiger partial charge in [-0.2, -0.15) is 5.10 Å². The molecule has 3 heterocycles. The molecular formula is C23H19F3N4O6. The Morgan fingerprint density at radius 2 is 1.94 bits per heavy atom. The molecule has 1 fully saturated rings. The van der Waals surface area contributed by atoms with Gasteiger partial charge in [-0.1, -0.05) is 0 Å². The van der Waals surface area contributed by atoms with Crippen LogP contribution in [-0.4, -0.2) is 74.6 Å². The van der Waals surface area contributed by atoms with Gasteiger partial charge in [-0.3, -0.25) is 14.8 Å². The van der Waals surface area contributed by atoms with Gasteiger partial charge in [0.1, 0.15) is 17.2 Å². The fraction of sp³-hybridized carbons (Fsp3) is 0.261. The first-order chi connectivity index (χ1) is 17.1. The fourth-order valence-corrected chi connectivity index (χ4v) is 4.22. The third-order valence-electron chi connectivity index (χ3n) is 6.01. The summed E-state index contributed by atoms with van der Waals surface area (Å²) in [5, 5.41) is 26.6. The molecule has 0 saturated carbocycles. The normalized spacial score (nSPS) is 17.5. The van der Waals surface area contributed by atoms with Gasteiger partial charge in [-0.25, -0.2) is 4.79 Å². The highest BCUT2D eigenvalue weighted by Crippen LogP contribution is 2.40. The number of allylic oxidation sites excluding steroid dienone is 1. The molecular weight excluding hydrogens is 485 g/mol. The van der Waals surface area contributed by atoms with E-state index >= 15 is 0 Å². The highest BCUT2D eigenvalue weighted by Gasteiger charge is 2.33. The zero-order chi connectivity index (χ0) is 25.6. The van der Waals surface area contributed by atoms with Crippen LogP contribution in [0, 0.1) is 0 Å². The van der Waals surface area contributed by atoms with Gasteiger partial charge in [-0.05, 0) is 30.3 Å². The molecule has 0 bridgehead atoms. The van der Waals surface area contributed by atoms with Crippen molar-refractivity contribution in [2.75, 3.05) is 26.2 Å². The van der Waals surface area contributed by atoms with Crippen LogP contribution >= 0.6 is 0 Å². The van der Waals surface area contributed by atoms with E-state index in [1.165, 1.54) is 29.2 Å². The summed E-state index contributed by atoms with van der Waals surface area (Å²) in [5.41, 5.74) is 1.20. The predicted molar refractivity (Wildman–Crippen MR) is 119 cm³/mol. The summed E-state index contributed by atoms with van der Waals surface area (Å²) in [6, 6.07) is 6.48. The fourth-order valence-electron chi connectivity index (χ4n) is 4.22. The van der Waals surface area contributed by atoms with Crippen molar-refractivity contribution >= 4 is 28.9 Å². The monoisotopic (exact) mass is 504 g/mol. The van der Waals surface area contributed by atoms with Crippen molar-refractivity contribution in [3.05, 3.63) is 52.9 Å². The number of H-pyrrole nitrogens is 1. The maximum absolute atomic E-state index is 13.0. The average Bonchev–Trinajstić information content (AvgIpc) is 3.36. The van der Waals surface area contributed by atoms with Gasteiger partial charge < -0.3 is 24.6 Å². The predicted octanol–water partition coefficient (Wildman–Crippen LogP) is 3.58. The van der Waals surface area contributed by atoms with Crippen LogP contribution in [0.25, 0.3) is 17.0 Å². The number of phenolic OH excluding ortho intramolecular Hbond substituents is 1. The molecule has 3 aromatic rings. The van der Waals surface area contributed by atoms with Gasteiger partial charge in [0.05, 0.1) is 22.3 Å². The summed E-state index contributed by atoms with van der Waals surface area (Å²) in [6.45, 7) is 1.72. The minimum atomic E-state index is -4.86. The van der Waals surface area contributed by atoms with E-state index in [-0.39, 0.29) is 40.4 Å². The van der Waals surface area contributed by atoms with Crippen LogP contribution in [-0.2, 0) is 6.54 Å². The number of carboxylic acid groups (broad SMARTS) is 1. The molecule has 10 nitrogen and oxygen atoms in total. The average molecular weight is 504 g/mol. The number of ketones is 1. The van der Waals surface area contributed by atoms with Gasteiger partial charge in [0, 0.05) is 44.2 Å². The maximum Gasteiger partial charge on any atom is 0.573 e. The molecule has 36 heavy (non-hydrogen) atoms. The van der Waals surface area contributed by atoms with Crippen molar-refractivity contribution in [3.8, 4) is 17.2 Å². The van der Waals surface area contributed by atoms with Crippen LogP contribution in [0.1, 0.15) is 21.6 Å². The number of ether oxygens (including phenoxy) is 2. The first kappa shape index (κ1) is 23.5. The number of piperazine rings is 1. The Kier molecular flexibility index (Phi) is 5.71. The van der Waals surface area contributed by atoms with Crippen LogP contribution in [0.15, 0.2) is 36.1 Å². The quantitative estimate of drug-likeness (QED) is 0.460. The number of hydrogen-bond acceptors (Lipinski definition) is 7. The van der Waals surface area contributed by atoms with Crippen molar-refractivity contribution in [2.24, 2.45) is 0 Å². The number of nitrogens with zero attached hydrogens (tertiary/aromatic N) is 3. The number of rotatable bonds is 4. The Labute approximate surface area is 201 Å². The van der Waals surface area contributed by atoms with Crippen LogP contribution in [0.3, 0.4) is 0 Å². The van der Waals surface area contributed by atoms with Gasteiger partial charge >= 0.3 is 12.5 Å². The largest absolute Gasteiger partial charge is 0.573 e. The summed E-state index contributed by atoms with van der Waals surface area (Å²) in [5.74, 6) is -0.924. The summed E-state index contributed by atoms with van der Waals surface area (Å²) in [4.78, 5) is 27.4. The smallest absolute Gasteiger partial charge is 0.507 e. The number of nitrogens with one attached hydrogen (secondary N) is 1. The number of benzene rings is 2. The molecule has 0 unspecified atom stereocenters. The number of fused-ring (bicyclic) bond motifs is 2. The van der Waals surface area contributed by atoms with E-state index in [1.54, 1.807) is 0 Å². The number of aromatic amines is 1. The first-order valence-electron chi connectivity index (χ1n) is 10.8. The molecule has 1 aromatic heterocycles. The van der Waals surface area contributed by atoms with Crippen LogP contribution in [0.5, 0.6) is 17.2 Å². The van der Waals surface area contributed by atoms with Gasteiger partial charge in [0.2, 0.25) is 5.78 Å². The number of aromatic nitrogens is 2. The van der Waals surface area contributed by atoms with E-state index in [1.807, 2.05) is 4.90 Å². The Morgan fingerprint density at radius 1 is 1.19 bits per heavy atom. The van der Waals surface area contributed by atoms with E-state index in [4.69, 9.17) is 9.84 Å². The summed E-state index contributed by atoms with van der Waals surface area (Å²) < 4.78 is 47.6. The number of carbonyl (C=O) groups excluding carboxylic acids is 1. The van der Waals surface area contributed by atoms with Crippen molar-refractivity contribution < 1.29 is 42.4 Å². The van der Waals surface area contributed by atoms with Gasteiger partial charge in [0.15, 0.2) is 5.76 Å². The molecule has 13 heteroatoms. The second-order valence-corrected chi connectivity index (χ2v) is 8.29. The lowest BCUT2D eigenvalue weighted by molar-refractivity contribution is -0.274. The second kappa shape index (κ2) is 8.75. The molecule has 1 saturated heterocycles. The van der Waals surface area contributed by atoms with Gasteiger partial charge in [0.25, 0.3) is 0 Å². The number of amides is 1. The molecule has 1 amide bonds. The molecule has 0 aliphatic carbocycles. The van der Waals surface area contributed by atoms with Crippen LogP contribution in [0.2, 0.25) is 0 Å². The van der Waals surface area contributed by atoms with Crippen molar-refractivity contribution in [3.63, 3.8) is 0 Å². The Balaban J connectivity index is 1.41. The molecule has 2 aromatic carbocycles. The third kappa shape index (κ3) is 4.52. The number of alkyl halides is 3. The summed E-state index contributed by atoms with van der Waals surface area (Å²) in [6.07, 6.45) is -4.55. The number of halogens is 3. The zero-order valence-corrected chi connectivity index (χ0v) is 18.5. The highest BCUT2D eigenvalue weighted by molar-refractivity contribution is 6.15. The number of phenols is 1. The van der Waals surface area contributed by atoms with Crippen molar-refractivity contribution in [1.29, 1.82) is 0 Å². The topological polar surface area (TPSA) is 128 Å². The van der Waals surface area contributed by atoms with E-state index in [2.05, 4.69) is 14.9 Å². The molecule has 5 rings (SSSR count). The third-order valence-corrected chi connectivity index (χ3v) is 6.01. The van der Waals surface area contributed by atoms with Crippen molar-refractivity contribution in [1.82, 2.24) is 20.0 Å². The lowest BCUT2D eigenvalue weighted by atomic mass is 10.0.